The second-order valence-electron chi connectivity index (χ2n) is 10.3. The van der Waals surface area contributed by atoms with Crippen molar-refractivity contribution in [2.24, 2.45) is 5.73 Å². The molecule has 0 saturated heterocycles. The zero-order chi connectivity index (χ0) is 28.1. The molecule has 0 saturated carbocycles. The molecule has 0 fully saturated rings. The van der Waals surface area contributed by atoms with E-state index < -0.39 is 29.1 Å². The van der Waals surface area contributed by atoms with Gasteiger partial charge in [-0.2, -0.15) is 0 Å². The Morgan fingerprint density at radius 3 is 2.46 bits per heavy atom. The summed E-state index contributed by atoms with van der Waals surface area (Å²) < 4.78 is 10.4. The van der Waals surface area contributed by atoms with E-state index in [1.807, 2.05) is 38.1 Å². The Morgan fingerprint density at radius 1 is 1.10 bits per heavy atom. The fraction of sp³-hybridized carbons (Fsp3) is 0.357. The summed E-state index contributed by atoms with van der Waals surface area (Å²) in [5, 5.41) is 9.40. The van der Waals surface area contributed by atoms with E-state index in [-0.39, 0.29) is 32.0 Å². The number of carbonyl (C=O) groups excluding carboxylic acids is 1. The minimum absolute atomic E-state index is 0.105. The van der Waals surface area contributed by atoms with Gasteiger partial charge < -0.3 is 20.5 Å². The lowest BCUT2D eigenvalue weighted by Gasteiger charge is -2.42. The number of ether oxygens (including phenoxy) is 1. The van der Waals surface area contributed by atoms with Crippen molar-refractivity contribution in [2.75, 3.05) is 19.6 Å². The average Bonchev–Trinajstić information content (AvgIpc) is 3.15. The summed E-state index contributed by atoms with van der Waals surface area (Å²) in [5.41, 5.74) is 7.19. The minimum atomic E-state index is -1.02. The number of nitrogens with two attached hydrogens (primary N) is 1. The van der Waals surface area contributed by atoms with Crippen LogP contribution in [0.2, 0.25) is 0 Å². The van der Waals surface area contributed by atoms with Crippen molar-refractivity contribution in [3.05, 3.63) is 91.8 Å². The van der Waals surface area contributed by atoms with Crippen molar-refractivity contribution in [1.82, 2.24) is 18.8 Å². The molecule has 2 aliphatic heterocycles. The van der Waals surface area contributed by atoms with Crippen LogP contribution in [0, 0.1) is 0 Å². The van der Waals surface area contributed by atoms with E-state index >= 15 is 0 Å². The van der Waals surface area contributed by atoms with E-state index in [0.717, 1.165) is 21.3 Å². The fourth-order valence-corrected chi connectivity index (χ4v) is 5.38. The first-order valence-electron chi connectivity index (χ1n) is 12.8. The van der Waals surface area contributed by atoms with E-state index in [4.69, 9.17) is 10.5 Å². The standard InChI is InChI=1S/C28H31N5O6/c1-17(34)19-5-7-20(8-6-19)32-25(35)31-14-11-22-24(33(31)26(32)36)21-9-4-18(16-23(21)39-28(22,2)3)10-13-30(15-12-29)27(37)38/h4-9,11,16,24H,10,12-15,29H2,1-3H3,(H,37,38). The zero-order valence-electron chi connectivity index (χ0n) is 22.1. The van der Waals surface area contributed by atoms with E-state index in [0.29, 0.717) is 23.4 Å². The molecule has 11 nitrogen and oxygen atoms in total. The third kappa shape index (κ3) is 4.48. The summed E-state index contributed by atoms with van der Waals surface area (Å²) in [6.07, 6.45) is 1.38. The summed E-state index contributed by atoms with van der Waals surface area (Å²) in [5.74, 6) is 0.470. The predicted octanol–water partition coefficient (Wildman–Crippen LogP) is 2.18. The molecular weight excluding hydrogens is 502 g/mol. The SMILES string of the molecule is CC(=O)c1ccc(-n2c(=O)n3n(c2=O)C2C(=CC3)C(C)(C)Oc3cc(CCN(CCN)C(=O)O)ccc32)cc1. The molecule has 1 atom stereocenters. The van der Waals surface area contributed by atoms with Crippen LogP contribution in [0.15, 0.2) is 63.7 Å². The van der Waals surface area contributed by atoms with Crippen LogP contribution >= 0.6 is 0 Å². The van der Waals surface area contributed by atoms with Gasteiger partial charge in [0, 0.05) is 30.8 Å². The summed E-state index contributed by atoms with van der Waals surface area (Å²) in [7, 11) is 0. The van der Waals surface area contributed by atoms with Gasteiger partial charge in [0.15, 0.2) is 5.78 Å². The van der Waals surface area contributed by atoms with E-state index in [1.54, 1.807) is 24.3 Å². The number of hydrogen-bond donors (Lipinski definition) is 2. The van der Waals surface area contributed by atoms with Crippen LogP contribution in [0.4, 0.5) is 4.79 Å². The number of Topliss-reactive ketones (excluding diaryl/α,β-unsaturated/α-hetero) is 1. The van der Waals surface area contributed by atoms with Crippen molar-refractivity contribution in [1.29, 1.82) is 0 Å². The molecule has 1 unspecified atom stereocenters. The van der Waals surface area contributed by atoms with Gasteiger partial charge in [0.25, 0.3) is 0 Å². The van der Waals surface area contributed by atoms with Crippen LogP contribution in [-0.2, 0) is 13.0 Å². The Kier molecular flexibility index (Phi) is 6.55. The fourth-order valence-electron chi connectivity index (χ4n) is 5.38. The van der Waals surface area contributed by atoms with Crippen molar-refractivity contribution >= 4 is 11.9 Å². The van der Waals surface area contributed by atoms with E-state index in [2.05, 4.69) is 0 Å². The molecule has 39 heavy (non-hydrogen) atoms. The maximum absolute atomic E-state index is 13.8. The Hall–Kier alpha value is -4.38. The highest BCUT2D eigenvalue weighted by Crippen LogP contribution is 2.46. The molecule has 2 aliphatic rings. The van der Waals surface area contributed by atoms with Crippen molar-refractivity contribution in [3.8, 4) is 11.4 Å². The number of nitrogens with zero attached hydrogens (tertiary/aromatic N) is 4. The molecule has 0 radical (unpaired) electrons. The van der Waals surface area contributed by atoms with E-state index in [9.17, 15) is 24.3 Å². The van der Waals surface area contributed by atoms with Gasteiger partial charge in [-0.25, -0.2) is 28.3 Å². The normalized spacial score (nSPS) is 16.8. The van der Waals surface area contributed by atoms with Gasteiger partial charge in [-0.15, -0.1) is 0 Å². The number of carboxylic acid groups (broad SMARTS) is 1. The number of benzene rings is 2. The molecule has 3 N–H and O–H groups in total. The molecule has 1 amide bonds. The topological polar surface area (TPSA) is 142 Å². The largest absolute Gasteiger partial charge is 0.483 e. The number of amides is 1. The number of rotatable bonds is 7. The first-order chi connectivity index (χ1) is 18.5. The van der Waals surface area contributed by atoms with Gasteiger partial charge in [0.05, 0.1) is 12.2 Å². The quantitative estimate of drug-likeness (QED) is 0.350. The molecule has 0 aliphatic carbocycles. The Balaban J connectivity index is 1.56. The third-order valence-corrected chi connectivity index (χ3v) is 7.39. The van der Waals surface area contributed by atoms with E-state index in [1.165, 1.54) is 21.2 Å². The lowest BCUT2D eigenvalue weighted by molar-refractivity contribution is 0.101. The van der Waals surface area contributed by atoms with Gasteiger partial charge in [0.2, 0.25) is 0 Å². The molecule has 2 aromatic carbocycles. The lowest BCUT2D eigenvalue weighted by Crippen LogP contribution is -2.46. The lowest BCUT2D eigenvalue weighted by atomic mass is 9.82. The average molecular weight is 534 g/mol. The highest BCUT2D eigenvalue weighted by atomic mass is 16.5. The number of ketones is 1. The van der Waals surface area contributed by atoms with Gasteiger partial charge in [-0.1, -0.05) is 18.2 Å². The van der Waals surface area contributed by atoms with Crippen LogP contribution < -0.4 is 21.9 Å². The molecular formula is C28H31N5O6. The number of hydrogen-bond acceptors (Lipinski definition) is 6. The third-order valence-electron chi connectivity index (χ3n) is 7.39. The van der Waals surface area contributed by atoms with Crippen LogP contribution in [0.3, 0.4) is 0 Å². The summed E-state index contributed by atoms with van der Waals surface area (Å²) in [6, 6.07) is 11.5. The van der Waals surface area contributed by atoms with Gasteiger partial charge in [-0.3, -0.25) is 4.79 Å². The predicted molar refractivity (Wildman–Crippen MR) is 144 cm³/mol. The highest BCUT2D eigenvalue weighted by Gasteiger charge is 2.43. The van der Waals surface area contributed by atoms with Gasteiger partial charge in [0.1, 0.15) is 17.4 Å². The van der Waals surface area contributed by atoms with Crippen LogP contribution in [-0.4, -0.2) is 61.0 Å². The smallest absolute Gasteiger partial charge is 0.407 e. The highest BCUT2D eigenvalue weighted by molar-refractivity contribution is 5.94. The maximum Gasteiger partial charge on any atom is 0.407 e. The van der Waals surface area contributed by atoms with Crippen LogP contribution in [0.25, 0.3) is 5.69 Å². The molecule has 5 rings (SSSR count). The summed E-state index contributed by atoms with van der Waals surface area (Å²) in [4.78, 5) is 51.7. The summed E-state index contributed by atoms with van der Waals surface area (Å²) >= 11 is 0. The Morgan fingerprint density at radius 2 is 1.82 bits per heavy atom. The van der Waals surface area contributed by atoms with Gasteiger partial charge >= 0.3 is 17.5 Å². The minimum Gasteiger partial charge on any atom is -0.483 e. The van der Waals surface area contributed by atoms with Crippen molar-refractivity contribution in [3.63, 3.8) is 0 Å². The molecule has 0 spiro atoms. The molecule has 11 heteroatoms. The van der Waals surface area contributed by atoms with Crippen LogP contribution in [0.1, 0.15) is 48.3 Å². The number of fused-ring (bicyclic) bond motifs is 5. The number of aromatic nitrogens is 3. The monoisotopic (exact) mass is 533 g/mol. The number of carbonyl (C=O) groups is 2. The Bertz CT molecular complexity index is 1610. The van der Waals surface area contributed by atoms with Crippen LogP contribution in [0.5, 0.6) is 5.75 Å². The molecule has 1 aromatic heterocycles. The molecule has 3 aromatic rings. The summed E-state index contributed by atoms with van der Waals surface area (Å²) in [6.45, 7) is 6.28. The first-order valence-corrected chi connectivity index (χ1v) is 12.8. The Labute approximate surface area is 224 Å². The van der Waals surface area contributed by atoms with Crippen molar-refractivity contribution < 1.29 is 19.4 Å². The number of allylic oxidation sites excluding steroid dienone is 1. The molecule has 3 heterocycles. The molecule has 0 bridgehead atoms. The second kappa shape index (κ2) is 9.73. The first kappa shape index (κ1) is 26.2. The van der Waals surface area contributed by atoms with Gasteiger partial charge in [-0.05, 0) is 68.7 Å². The second-order valence-corrected chi connectivity index (χ2v) is 10.3. The van der Waals surface area contributed by atoms with Crippen molar-refractivity contribution in [2.45, 2.75) is 45.4 Å². The zero-order valence-corrected chi connectivity index (χ0v) is 22.1. The maximum atomic E-state index is 13.8. The molecule has 204 valence electrons.